The first-order valence-corrected chi connectivity index (χ1v) is 8.90. The Morgan fingerprint density at radius 1 is 1.25 bits per heavy atom. The number of carbonyl (C=O) groups excluding carboxylic acids is 2. The van der Waals surface area contributed by atoms with Gasteiger partial charge in [-0.3, -0.25) is 14.5 Å². The molecule has 3 N–H and O–H groups in total. The maximum Gasteiger partial charge on any atom is 0.251 e. The van der Waals surface area contributed by atoms with Gasteiger partial charge >= 0.3 is 0 Å². The van der Waals surface area contributed by atoms with Crippen LogP contribution in [0, 0.1) is 0 Å². The second-order valence-electron chi connectivity index (χ2n) is 6.09. The SMILES string of the molecule is C[C@@H](CNC(=O)c1ccc(C(N)=O)cc1)N1CCc2sccc2C1. The van der Waals surface area contributed by atoms with Gasteiger partial charge in [-0.1, -0.05) is 0 Å². The van der Waals surface area contributed by atoms with Gasteiger partial charge in [0.15, 0.2) is 0 Å². The molecule has 2 heterocycles. The van der Waals surface area contributed by atoms with E-state index in [4.69, 9.17) is 5.73 Å². The molecule has 1 aromatic heterocycles. The van der Waals surface area contributed by atoms with Gasteiger partial charge in [0, 0.05) is 41.7 Å². The van der Waals surface area contributed by atoms with Crippen LogP contribution in [0.25, 0.3) is 0 Å². The van der Waals surface area contributed by atoms with E-state index in [0.29, 0.717) is 17.7 Å². The van der Waals surface area contributed by atoms with Crippen molar-refractivity contribution in [2.45, 2.75) is 25.9 Å². The lowest BCUT2D eigenvalue weighted by molar-refractivity contribution is 0.0931. The lowest BCUT2D eigenvalue weighted by atomic mass is 10.1. The highest BCUT2D eigenvalue weighted by atomic mass is 32.1. The lowest BCUT2D eigenvalue weighted by Crippen LogP contribution is -2.44. The molecule has 0 saturated heterocycles. The normalized spacial score (nSPS) is 15.5. The Morgan fingerprint density at radius 2 is 1.96 bits per heavy atom. The number of fused-ring (bicyclic) bond motifs is 1. The number of thiophene rings is 1. The van der Waals surface area contributed by atoms with Gasteiger partial charge in [0.2, 0.25) is 5.91 Å². The maximum absolute atomic E-state index is 12.2. The molecule has 5 nitrogen and oxygen atoms in total. The molecule has 2 amide bonds. The predicted molar refractivity (Wildman–Crippen MR) is 95.2 cm³/mol. The number of nitrogens with two attached hydrogens (primary N) is 1. The first kappa shape index (κ1) is 16.7. The number of nitrogens with zero attached hydrogens (tertiary/aromatic N) is 1. The smallest absolute Gasteiger partial charge is 0.251 e. The molecule has 1 aliphatic heterocycles. The number of hydrogen-bond donors (Lipinski definition) is 2. The van der Waals surface area contributed by atoms with Crippen LogP contribution in [0.4, 0.5) is 0 Å². The van der Waals surface area contributed by atoms with E-state index in [1.165, 1.54) is 10.4 Å². The van der Waals surface area contributed by atoms with Crippen LogP contribution in [-0.4, -0.2) is 35.8 Å². The van der Waals surface area contributed by atoms with E-state index >= 15 is 0 Å². The average Bonchev–Trinajstić information content (AvgIpc) is 3.07. The van der Waals surface area contributed by atoms with Gasteiger partial charge in [-0.2, -0.15) is 0 Å². The monoisotopic (exact) mass is 343 g/mol. The van der Waals surface area contributed by atoms with E-state index in [2.05, 4.69) is 28.6 Å². The number of nitrogens with one attached hydrogen (secondary N) is 1. The van der Waals surface area contributed by atoms with Crippen LogP contribution in [0.5, 0.6) is 0 Å². The van der Waals surface area contributed by atoms with E-state index in [9.17, 15) is 9.59 Å². The third-order valence-corrected chi connectivity index (χ3v) is 5.47. The second kappa shape index (κ2) is 7.15. The molecule has 0 radical (unpaired) electrons. The molecule has 2 aromatic rings. The highest BCUT2D eigenvalue weighted by molar-refractivity contribution is 7.10. The Morgan fingerprint density at radius 3 is 2.67 bits per heavy atom. The highest BCUT2D eigenvalue weighted by Crippen LogP contribution is 2.24. The first-order valence-electron chi connectivity index (χ1n) is 8.02. The molecule has 0 saturated carbocycles. The van der Waals surface area contributed by atoms with Crippen molar-refractivity contribution in [1.29, 1.82) is 0 Å². The minimum Gasteiger partial charge on any atom is -0.366 e. The topological polar surface area (TPSA) is 75.4 Å². The lowest BCUT2D eigenvalue weighted by Gasteiger charge is -2.32. The maximum atomic E-state index is 12.2. The molecule has 0 fully saturated rings. The van der Waals surface area contributed by atoms with Crippen molar-refractivity contribution in [3.05, 3.63) is 57.3 Å². The predicted octanol–water partition coefficient (Wildman–Crippen LogP) is 2.02. The van der Waals surface area contributed by atoms with Gasteiger partial charge in [-0.15, -0.1) is 11.3 Å². The van der Waals surface area contributed by atoms with Crippen molar-refractivity contribution in [2.24, 2.45) is 5.73 Å². The summed E-state index contributed by atoms with van der Waals surface area (Å²) < 4.78 is 0. The van der Waals surface area contributed by atoms with Crippen LogP contribution in [0.15, 0.2) is 35.7 Å². The summed E-state index contributed by atoms with van der Waals surface area (Å²) in [6, 6.07) is 8.86. The Labute approximate surface area is 145 Å². The number of benzene rings is 1. The molecule has 0 aliphatic carbocycles. The minimum atomic E-state index is -0.492. The molecule has 3 rings (SSSR count). The van der Waals surface area contributed by atoms with Crippen molar-refractivity contribution in [3.8, 4) is 0 Å². The fourth-order valence-electron chi connectivity index (χ4n) is 2.90. The van der Waals surface area contributed by atoms with Crippen molar-refractivity contribution < 1.29 is 9.59 Å². The second-order valence-corrected chi connectivity index (χ2v) is 7.09. The van der Waals surface area contributed by atoms with Crippen molar-refractivity contribution in [2.75, 3.05) is 13.1 Å². The van der Waals surface area contributed by atoms with Crippen molar-refractivity contribution >= 4 is 23.2 Å². The largest absolute Gasteiger partial charge is 0.366 e. The van der Waals surface area contributed by atoms with Gasteiger partial charge in [0.25, 0.3) is 5.91 Å². The van der Waals surface area contributed by atoms with Crippen LogP contribution in [0.2, 0.25) is 0 Å². The van der Waals surface area contributed by atoms with E-state index < -0.39 is 5.91 Å². The molecule has 1 aliphatic rings. The van der Waals surface area contributed by atoms with Crippen molar-refractivity contribution in [3.63, 3.8) is 0 Å². The third-order valence-electron chi connectivity index (χ3n) is 4.45. The Balaban J connectivity index is 1.53. The van der Waals surface area contributed by atoms with Crippen LogP contribution < -0.4 is 11.1 Å². The quantitative estimate of drug-likeness (QED) is 0.872. The van der Waals surface area contributed by atoms with Crippen LogP contribution in [0.3, 0.4) is 0 Å². The third kappa shape index (κ3) is 3.66. The van der Waals surface area contributed by atoms with E-state index in [1.54, 1.807) is 24.3 Å². The molecule has 0 bridgehead atoms. The summed E-state index contributed by atoms with van der Waals surface area (Å²) in [5.41, 5.74) is 7.55. The summed E-state index contributed by atoms with van der Waals surface area (Å²) >= 11 is 1.83. The first-order chi connectivity index (χ1) is 11.5. The number of carbonyl (C=O) groups is 2. The number of primary amides is 1. The zero-order valence-corrected chi connectivity index (χ0v) is 14.4. The Hall–Kier alpha value is -2.18. The zero-order chi connectivity index (χ0) is 17.1. The molecule has 0 spiro atoms. The zero-order valence-electron chi connectivity index (χ0n) is 13.6. The van der Waals surface area contributed by atoms with Crippen molar-refractivity contribution in [1.82, 2.24) is 10.2 Å². The van der Waals surface area contributed by atoms with E-state index in [1.807, 2.05) is 11.3 Å². The molecular weight excluding hydrogens is 322 g/mol. The molecule has 0 unspecified atom stereocenters. The van der Waals surface area contributed by atoms with Gasteiger partial charge in [0.1, 0.15) is 0 Å². The summed E-state index contributed by atoms with van der Waals surface area (Å²) in [7, 11) is 0. The van der Waals surface area contributed by atoms with Crippen LogP contribution in [-0.2, 0) is 13.0 Å². The van der Waals surface area contributed by atoms with Gasteiger partial charge < -0.3 is 11.1 Å². The molecule has 126 valence electrons. The summed E-state index contributed by atoms with van der Waals surface area (Å²) in [5, 5.41) is 5.12. The average molecular weight is 343 g/mol. The number of amides is 2. The summed E-state index contributed by atoms with van der Waals surface area (Å²) in [5.74, 6) is -0.625. The molecular formula is C18H21N3O2S. The summed E-state index contributed by atoms with van der Waals surface area (Å²) in [6.45, 7) is 4.70. The fraction of sp³-hybridized carbons (Fsp3) is 0.333. The van der Waals surface area contributed by atoms with Gasteiger partial charge in [-0.05, 0) is 54.6 Å². The number of hydrogen-bond acceptors (Lipinski definition) is 4. The van der Waals surface area contributed by atoms with E-state index in [0.717, 1.165) is 19.5 Å². The number of rotatable bonds is 5. The van der Waals surface area contributed by atoms with E-state index in [-0.39, 0.29) is 11.9 Å². The fourth-order valence-corrected chi connectivity index (χ4v) is 3.79. The van der Waals surface area contributed by atoms with Gasteiger partial charge in [0.05, 0.1) is 0 Å². The van der Waals surface area contributed by atoms with Gasteiger partial charge in [-0.25, -0.2) is 0 Å². The molecule has 1 atom stereocenters. The molecule has 6 heteroatoms. The molecule has 24 heavy (non-hydrogen) atoms. The molecule has 1 aromatic carbocycles. The van der Waals surface area contributed by atoms with Crippen LogP contribution >= 0.6 is 11.3 Å². The summed E-state index contributed by atoms with van der Waals surface area (Å²) in [4.78, 5) is 27.2. The Kier molecular flexibility index (Phi) is 4.97. The highest BCUT2D eigenvalue weighted by Gasteiger charge is 2.21. The Bertz CT molecular complexity index is 739. The minimum absolute atomic E-state index is 0.133. The standard InChI is InChI=1S/C18H21N3O2S/c1-12(21-8-6-16-15(11-21)7-9-24-16)10-20-18(23)14-4-2-13(3-5-14)17(19)22/h2-5,7,9,12H,6,8,10-11H2,1H3,(H2,19,22)(H,20,23)/t12-/m0/s1. The van der Waals surface area contributed by atoms with Crippen LogP contribution in [0.1, 0.15) is 38.1 Å². The summed E-state index contributed by atoms with van der Waals surface area (Å²) in [6.07, 6.45) is 1.08.